The van der Waals surface area contributed by atoms with E-state index in [1.165, 1.54) is 55.2 Å². The summed E-state index contributed by atoms with van der Waals surface area (Å²) in [7, 11) is 0. The molecule has 0 atom stereocenters. The number of nitrogens with zero attached hydrogens (tertiary/aromatic N) is 2. The van der Waals surface area contributed by atoms with E-state index >= 15 is 0 Å². The molecule has 2 aliphatic rings. The summed E-state index contributed by atoms with van der Waals surface area (Å²) in [6, 6.07) is 76.7. The molecule has 1 aromatic heterocycles. The number of aromatic nitrogens is 1. The number of rotatable bonds is 5. The van der Waals surface area contributed by atoms with Gasteiger partial charge in [-0.1, -0.05) is 164 Å². The van der Waals surface area contributed by atoms with Crippen molar-refractivity contribution in [3.05, 3.63) is 212 Å². The van der Waals surface area contributed by atoms with Gasteiger partial charge in [0, 0.05) is 44.3 Å². The number of ether oxygens (including phenoxy) is 1. The molecule has 0 radical (unpaired) electrons. The fraction of sp³-hybridized carbons (Fsp3) is 0. The van der Waals surface area contributed by atoms with Gasteiger partial charge in [0.25, 0.3) is 0 Å². The van der Waals surface area contributed by atoms with Gasteiger partial charge in [0.2, 0.25) is 0 Å². The van der Waals surface area contributed by atoms with Crippen LogP contribution in [0, 0.1) is 0 Å². The first-order valence-corrected chi connectivity index (χ1v) is 20.0. The van der Waals surface area contributed by atoms with Crippen LogP contribution in [0.25, 0.3) is 72.0 Å². The first-order valence-electron chi connectivity index (χ1n) is 20.0. The molecule has 0 fully saturated rings. The molecule has 2 aliphatic heterocycles. The lowest BCUT2D eigenvalue weighted by Gasteiger charge is -2.43. The fourth-order valence-corrected chi connectivity index (χ4v) is 9.53. The van der Waals surface area contributed by atoms with Crippen LogP contribution in [0.1, 0.15) is 0 Å². The molecular weight excluding hydrogens is 703 g/mol. The summed E-state index contributed by atoms with van der Waals surface area (Å²) in [4.78, 5) is 2.55. The first kappa shape index (κ1) is 32.7. The molecule has 0 bridgehead atoms. The van der Waals surface area contributed by atoms with E-state index in [2.05, 4.69) is 222 Å². The lowest BCUT2D eigenvalue weighted by Crippen LogP contribution is -2.59. The second kappa shape index (κ2) is 13.0. The number of para-hydroxylation sites is 5. The Morgan fingerprint density at radius 3 is 1.55 bits per heavy atom. The average molecular weight is 739 g/mol. The minimum atomic E-state index is -0.139. The monoisotopic (exact) mass is 738 g/mol. The van der Waals surface area contributed by atoms with Gasteiger partial charge in [-0.15, -0.1) is 0 Å². The highest BCUT2D eigenvalue weighted by Gasteiger charge is 2.44. The molecular formula is C54H35BN2O. The smallest absolute Gasteiger partial charge is 0.336 e. The topological polar surface area (TPSA) is 17.4 Å². The standard InChI is InChI=1S/C54H35BN2O/c1-3-17-36(18-4-1)39-33-45-44-25-11-16-30-51(44)57(50-29-15-8-21-40(50)37-19-5-2-6-20-37)55-46-32-31-38(34-52(46)58-53(35-39)54(45)55)41-22-7-12-26-47(41)56-48-27-13-9-23-42(48)43-24-10-14-28-49(43)56/h1-35H. The van der Waals surface area contributed by atoms with E-state index in [9.17, 15) is 0 Å². The normalized spacial score (nSPS) is 12.6. The van der Waals surface area contributed by atoms with Crippen molar-refractivity contribution in [3.63, 3.8) is 0 Å². The zero-order valence-electron chi connectivity index (χ0n) is 31.6. The molecule has 12 rings (SSSR count). The zero-order valence-corrected chi connectivity index (χ0v) is 31.6. The number of hydrogen-bond donors (Lipinski definition) is 0. The Bertz CT molecular complexity index is 3170. The first-order chi connectivity index (χ1) is 28.8. The van der Waals surface area contributed by atoms with Crippen molar-refractivity contribution in [1.29, 1.82) is 0 Å². The molecule has 0 unspecified atom stereocenters. The third-order valence-electron chi connectivity index (χ3n) is 12.0. The Balaban J connectivity index is 1.10. The summed E-state index contributed by atoms with van der Waals surface area (Å²) in [5.74, 6) is 1.75. The summed E-state index contributed by atoms with van der Waals surface area (Å²) in [6.45, 7) is -0.139. The van der Waals surface area contributed by atoms with E-state index in [0.717, 1.165) is 50.6 Å². The van der Waals surface area contributed by atoms with E-state index in [1.54, 1.807) is 0 Å². The molecule has 4 heteroatoms. The largest absolute Gasteiger partial charge is 0.458 e. The molecule has 10 aromatic rings. The lowest BCUT2D eigenvalue weighted by molar-refractivity contribution is 0.487. The Hall–Kier alpha value is -7.56. The van der Waals surface area contributed by atoms with E-state index in [0.29, 0.717) is 0 Å². The molecule has 3 nitrogen and oxygen atoms in total. The van der Waals surface area contributed by atoms with Gasteiger partial charge >= 0.3 is 6.85 Å². The van der Waals surface area contributed by atoms with Crippen molar-refractivity contribution in [1.82, 2.24) is 4.57 Å². The average Bonchev–Trinajstić information content (AvgIpc) is 3.63. The molecule has 0 amide bonds. The maximum atomic E-state index is 7.20. The van der Waals surface area contributed by atoms with Gasteiger partial charge in [0.05, 0.1) is 16.7 Å². The van der Waals surface area contributed by atoms with Crippen molar-refractivity contribution in [2.75, 3.05) is 4.81 Å². The van der Waals surface area contributed by atoms with Crippen molar-refractivity contribution < 1.29 is 4.74 Å². The van der Waals surface area contributed by atoms with Crippen LogP contribution in [0.5, 0.6) is 11.5 Å². The fourth-order valence-electron chi connectivity index (χ4n) is 9.53. The quantitative estimate of drug-likeness (QED) is 0.164. The van der Waals surface area contributed by atoms with Crippen molar-refractivity contribution >= 4 is 51.0 Å². The van der Waals surface area contributed by atoms with Crippen LogP contribution >= 0.6 is 0 Å². The van der Waals surface area contributed by atoms with Gasteiger partial charge in [0.1, 0.15) is 11.5 Å². The highest BCUT2D eigenvalue weighted by atomic mass is 16.5. The summed E-state index contributed by atoms with van der Waals surface area (Å²) < 4.78 is 9.61. The van der Waals surface area contributed by atoms with Crippen LogP contribution in [0.2, 0.25) is 0 Å². The van der Waals surface area contributed by atoms with E-state index in [-0.39, 0.29) is 6.85 Å². The summed E-state index contributed by atoms with van der Waals surface area (Å²) in [5, 5.41) is 2.49. The Kier molecular flexibility index (Phi) is 7.33. The second-order valence-corrected chi connectivity index (χ2v) is 15.2. The molecule has 58 heavy (non-hydrogen) atoms. The minimum absolute atomic E-state index is 0.139. The van der Waals surface area contributed by atoms with Crippen LogP contribution in [0.3, 0.4) is 0 Å². The SMILES string of the molecule is c1ccc(-c2cc3c4c(c2)-c2ccccc2N(c2ccccc2-c2ccccc2)B4c2ccc(-c4ccccc4-n4c5ccccc5c5ccccc54)cc2O3)cc1. The van der Waals surface area contributed by atoms with Crippen molar-refractivity contribution in [2.45, 2.75) is 0 Å². The van der Waals surface area contributed by atoms with Crippen LogP contribution in [0.15, 0.2) is 212 Å². The second-order valence-electron chi connectivity index (χ2n) is 15.2. The van der Waals surface area contributed by atoms with Gasteiger partial charge in [-0.3, -0.25) is 0 Å². The number of benzene rings is 9. The summed E-state index contributed by atoms with van der Waals surface area (Å²) >= 11 is 0. The molecule has 270 valence electrons. The Morgan fingerprint density at radius 1 is 0.345 bits per heavy atom. The molecule has 3 heterocycles. The molecule has 0 saturated heterocycles. The predicted molar refractivity (Wildman–Crippen MR) is 243 cm³/mol. The summed E-state index contributed by atoms with van der Waals surface area (Å²) in [6.07, 6.45) is 0. The van der Waals surface area contributed by atoms with Crippen LogP contribution in [-0.4, -0.2) is 11.4 Å². The minimum Gasteiger partial charge on any atom is -0.458 e. The highest BCUT2D eigenvalue weighted by molar-refractivity contribution is 6.92. The zero-order chi connectivity index (χ0) is 38.2. The third kappa shape index (κ3) is 4.95. The molecule has 0 spiro atoms. The Morgan fingerprint density at radius 2 is 0.862 bits per heavy atom. The van der Waals surface area contributed by atoms with E-state index in [4.69, 9.17) is 4.74 Å². The van der Waals surface area contributed by atoms with Gasteiger partial charge in [-0.25, -0.2) is 0 Å². The van der Waals surface area contributed by atoms with E-state index in [1.807, 2.05) is 0 Å². The van der Waals surface area contributed by atoms with Crippen LogP contribution < -0.4 is 20.5 Å². The van der Waals surface area contributed by atoms with Gasteiger partial charge in [0.15, 0.2) is 0 Å². The van der Waals surface area contributed by atoms with Gasteiger partial charge in [-0.2, -0.15) is 0 Å². The van der Waals surface area contributed by atoms with Gasteiger partial charge < -0.3 is 14.1 Å². The summed E-state index contributed by atoms with van der Waals surface area (Å²) in [5.41, 5.74) is 17.5. The van der Waals surface area contributed by atoms with Crippen LogP contribution in [0.4, 0.5) is 11.4 Å². The third-order valence-corrected chi connectivity index (χ3v) is 12.0. The van der Waals surface area contributed by atoms with Gasteiger partial charge in [-0.05, 0) is 81.8 Å². The lowest BCUT2D eigenvalue weighted by atomic mass is 9.44. The molecule has 0 saturated carbocycles. The predicted octanol–water partition coefficient (Wildman–Crippen LogP) is 12.8. The number of anilines is 2. The van der Waals surface area contributed by atoms with Crippen molar-refractivity contribution in [2.24, 2.45) is 0 Å². The number of fused-ring (bicyclic) bond motifs is 7. The molecule has 9 aromatic carbocycles. The molecule has 0 N–H and O–H groups in total. The maximum Gasteiger partial charge on any atom is 0.336 e. The van der Waals surface area contributed by atoms with Crippen molar-refractivity contribution in [3.8, 4) is 61.7 Å². The maximum absolute atomic E-state index is 7.20. The van der Waals surface area contributed by atoms with Crippen LogP contribution in [-0.2, 0) is 0 Å². The highest BCUT2D eigenvalue weighted by Crippen LogP contribution is 2.48. The molecule has 0 aliphatic carbocycles. The van der Waals surface area contributed by atoms with E-state index < -0.39 is 0 Å². The Labute approximate surface area is 337 Å². The number of hydrogen-bond acceptors (Lipinski definition) is 2.